The fourth-order valence-corrected chi connectivity index (χ4v) is 0.946. The molecule has 1 rings (SSSR count). The highest BCUT2D eigenvalue weighted by atomic mass is 16.7. The van der Waals surface area contributed by atoms with Crippen molar-refractivity contribution in [2.75, 3.05) is 13.4 Å². The van der Waals surface area contributed by atoms with Crippen molar-refractivity contribution < 1.29 is 9.47 Å². The number of nitrogens with two attached hydrogens (primary N) is 1. The van der Waals surface area contributed by atoms with Crippen LogP contribution in [-0.2, 0) is 4.74 Å². The van der Waals surface area contributed by atoms with Gasteiger partial charge in [0.25, 0.3) is 0 Å². The van der Waals surface area contributed by atoms with Crippen LogP contribution in [0.4, 0.5) is 0 Å². The lowest BCUT2D eigenvalue weighted by Gasteiger charge is -2.06. The second-order valence-corrected chi connectivity index (χ2v) is 2.70. The van der Waals surface area contributed by atoms with Crippen LogP contribution in [0.3, 0.4) is 0 Å². The Morgan fingerprint density at radius 1 is 1.50 bits per heavy atom. The van der Waals surface area contributed by atoms with Crippen molar-refractivity contribution in [1.29, 1.82) is 5.41 Å². The molecule has 0 fully saturated rings. The fraction of sp³-hybridized carbons (Fsp3) is 0.300. The summed E-state index contributed by atoms with van der Waals surface area (Å²) < 4.78 is 10.3. The molecule has 0 saturated carbocycles. The molecule has 4 nitrogen and oxygen atoms in total. The third-order valence-corrected chi connectivity index (χ3v) is 1.66. The lowest BCUT2D eigenvalue weighted by molar-refractivity contribution is 0.0224. The van der Waals surface area contributed by atoms with Gasteiger partial charge in [0.1, 0.15) is 11.6 Å². The standard InChI is InChI=1S/C10H14N2O2/c1-2-13-7-14-9-5-3-4-8(6-9)10(11)12/h3-6H,2,7H2,1H3,(H3,11,12). The molecule has 76 valence electrons. The van der Waals surface area contributed by atoms with E-state index < -0.39 is 0 Å². The summed E-state index contributed by atoms with van der Waals surface area (Å²) in [6.07, 6.45) is 0. The first-order chi connectivity index (χ1) is 6.74. The van der Waals surface area contributed by atoms with Gasteiger partial charge in [0.05, 0.1) is 0 Å². The number of nitrogens with one attached hydrogen (secondary N) is 1. The largest absolute Gasteiger partial charge is 0.468 e. The molecule has 0 unspecified atom stereocenters. The molecule has 14 heavy (non-hydrogen) atoms. The number of ether oxygens (including phenoxy) is 2. The molecule has 1 aromatic carbocycles. The molecule has 0 aromatic heterocycles. The number of benzene rings is 1. The highest BCUT2D eigenvalue weighted by molar-refractivity contribution is 5.95. The first-order valence-corrected chi connectivity index (χ1v) is 4.39. The zero-order valence-electron chi connectivity index (χ0n) is 8.12. The minimum Gasteiger partial charge on any atom is -0.468 e. The molecule has 0 atom stereocenters. The Hall–Kier alpha value is -1.55. The Morgan fingerprint density at radius 3 is 2.93 bits per heavy atom. The van der Waals surface area contributed by atoms with E-state index in [4.69, 9.17) is 20.6 Å². The number of nitrogen functional groups attached to an aromatic ring is 1. The smallest absolute Gasteiger partial charge is 0.189 e. The number of hydrogen-bond donors (Lipinski definition) is 2. The molecule has 0 spiro atoms. The molecule has 3 N–H and O–H groups in total. The summed E-state index contributed by atoms with van der Waals surface area (Å²) in [5, 5.41) is 7.24. The second kappa shape index (κ2) is 5.24. The van der Waals surface area contributed by atoms with Crippen molar-refractivity contribution in [3.63, 3.8) is 0 Å². The molecule has 0 bridgehead atoms. The SMILES string of the molecule is CCOCOc1cccc(C(=N)N)c1. The third kappa shape index (κ3) is 3.06. The summed E-state index contributed by atoms with van der Waals surface area (Å²) >= 11 is 0. The molecular formula is C10H14N2O2. The predicted octanol–water partition coefficient (Wildman–Crippen LogP) is 1.34. The van der Waals surface area contributed by atoms with Gasteiger partial charge >= 0.3 is 0 Å². The highest BCUT2D eigenvalue weighted by Crippen LogP contribution is 2.12. The molecule has 1 aromatic rings. The Bertz CT molecular complexity index is 313. The lowest BCUT2D eigenvalue weighted by atomic mass is 10.2. The van der Waals surface area contributed by atoms with Crippen molar-refractivity contribution >= 4 is 5.84 Å². The van der Waals surface area contributed by atoms with E-state index in [0.29, 0.717) is 17.9 Å². The van der Waals surface area contributed by atoms with E-state index in [0.717, 1.165) is 0 Å². The molecule has 4 heteroatoms. The van der Waals surface area contributed by atoms with Gasteiger partial charge in [-0.25, -0.2) is 0 Å². The van der Waals surface area contributed by atoms with Gasteiger partial charge in [-0.1, -0.05) is 12.1 Å². The monoisotopic (exact) mass is 194 g/mol. The van der Waals surface area contributed by atoms with Crippen LogP contribution < -0.4 is 10.5 Å². The van der Waals surface area contributed by atoms with Crippen LogP contribution in [0.5, 0.6) is 5.75 Å². The van der Waals surface area contributed by atoms with E-state index in [-0.39, 0.29) is 12.6 Å². The summed E-state index contributed by atoms with van der Waals surface area (Å²) in [6, 6.07) is 7.06. The van der Waals surface area contributed by atoms with Crippen LogP contribution in [-0.4, -0.2) is 19.2 Å². The Balaban J connectivity index is 2.59. The number of hydrogen-bond acceptors (Lipinski definition) is 3. The van der Waals surface area contributed by atoms with Gasteiger partial charge in [0, 0.05) is 12.2 Å². The van der Waals surface area contributed by atoms with Crippen molar-refractivity contribution in [2.24, 2.45) is 5.73 Å². The zero-order valence-corrected chi connectivity index (χ0v) is 8.12. The first kappa shape index (κ1) is 10.5. The maximum atomic E-state index is 7.24. The van der Waals surface area contributed by atoms with E-state index in [9.17, 15) is 0 Å². The van der Waals surface area contributed by atoms with Crippen LogP contribution in [0, 0.1) is 5.41 Å². The van der Waals surface area contributed by atoms with Gasteiger partial charge in [-0.05, 0) is 19.1 Å². The van der Waals surface area contributed by atoms with Crippen molar-refractivity contribution in [1.82, 2.24) is 0 Å². The maximum absolute atomic E-state index is 7.24. The summed E-state index contributed by atoms with van der Waals surface area (Å²) in [5.41, 5.74) is 5.99. The van der Waals surface area contributed by atoms with Gasteiger partial charge in [0.2, 0.25) is 0 Å². The maximum Gasteiger partial charge on any atom is 0.189 e. The van der Waals surface area contributed by atoms with Gasteiger partial charge in [-0.2, -0.15) is 0 Å². The Labute approximate surface area is 83.1 Å². The first-order valence-electron chi connectivity index (χ1n) is 4.39. The zero-order chi connectivity index (χ0) is 10.4. The quantitative estimate of drug-likeness (QED) is 0.321. The molecule has 0 saturated heterocycles. The van der Waals surface area contributed by atoms with Crippen LogP contribution in [0.1, 0.15) is 12.5 Å². The average Bonchev–Trinajstić information content (AvgIpc) is 2.19. The van der Waals surface area contributed by atoms with E-state index in [1.807, 2.05) is 6.92 Å². The van der Waals surface area contributed by atoms with E-state index >= 15 is 0 Å². The molecule has 0 aliphatic heterocycles. The normalized spacial score (nSPS) is 9.79. The van der Waals surface area contributed by atoms with Crippen LogP contribution in [0.15, 0.2) is 24.3 Å². The average molecular weight is 194 g/mol. The van der Waals surface area contributed by atoms with Crippen molar-refractivity contribution in [3.05, 3.63) is 29.8 Å². The fourth-order valence-electron chi connectivity index (χ4n) is 0.946. The molecule has 0 aliphatic rings. The van der Waals surface area contributed by atoms with Crippen LogP contribution in [0.2, 0.25) is 0 Å². The van der Waals surface area contributed by atoms with Gasteiger partial charge in [0.15, 0.2) is 6.79 Å². The number of rotatable bonds is 5. The van der Waals surface area contributed by atoms with Crippen molar-refractivity contribution in [2.45, 2.75) is 6.92 Å². The molecule has 0 radical (unpaired) electrons. The van der Waals surface area contributed by atoms with Crippen molar-refractivity contribution in [3.8, 4) is 5.75 Å². The molecule has 0 aliphatic carbocycles. The second-order valence-electron chi connectivity index (χ2n) is 2.70. The van der Waals surface area contributed by atoms with Crippen LogP contribution >= 0.6 is 0 Å². The van der Waals surface area contributed by atoms with Gasteiger partial charge in [-0.3, -0.25) is 5.41 Å². The van der Waals surface area contributed by atoms with E-state index in [1.165, 1.54) is 0 Å². The minimum atomic E-state index is 0.0341. The minimum absolute atomic E-state index is 0.0341. The Kier molecular flexibility index (Phi) is 3.94. The third-order valence-electron chi connectivity index (χ3n) is 1.66. The van der Waals surface area contributed by atoms with E-state index in [2.05, 4.69) is 0 Å². The summed E-state index contributed by atoms with van der Waals surface area (Å²) in [6.45, 7) is 2.74. The summed E-state index contributed by atoms with van der Waals surface area (Å²) in [7, 11) is 0. The van der Waals surface area contributed by atoms with Crippen LogP contribution in [0.25, 0.3) is 0 Å². The lowest BCUT2D eigenvalue weighted by Crippen LogP contribution is -2.11. The predicted molar refractivity (Wildman–Crippen MR) is 54.6 cm³/mol. The highest BCUT2D eigenvalue weighted by Gasteiger charge is 1.98. The molecular weight excluding hydrogens is 180 g/mol. The Morgan fingerprint density at radius 2 is 2.29 bits per heavy atom. The van der Waals surface area contributed by atoms with Gasteiger partial charge in [-0.15, -0.1) is 0 Å². The molecule has 0 amide bonds. The topological polar surface area (TPSA) is 68.3 Å². The summed E-state index contributed by atoms with van der Waals surface area (Å²) in [5.74, 6) is 0.693. The molecule has 0 heterocycles. The summed E-state index contributed by atoms with van der Waals surface area (Å²) in [4.78, 5) is 0. The van der Waals surface area contributed by atoms with Gasteiger partial charge < -0.3 is 15.2 Å². The van der Waals surface area contributed by atoms with E-state index in [1.54, 1.807) is 24.3 Å². The number of amidine groups is 1.